The number of piperidine rings is 1. The number of carbonyl (C=O) groups excluding carboxylic acids is 1. The third kappa shape index (κ3) is 4.30. The summed E-state index contributed by atoms with van der Waals surface area (Å²) in [6.07, 6.45) is 3.70. The van der Waals surface area contributed by atoms with Gasteiger partial charge in [0.25, 0.3) is 0 Å². The van der Waals surface area contributed by atoms with E-state index < -0.39 is 17.8 Å². The zero-order valence-corrected chi connectivity index (χ0v) is 15.6. The van der Waals surface area contributed by atoms with Crippen molar-refractivity contribution in [3.63, 3.8) is 0 Å². The van der Waals surface area contributed by atoms with E-state index in [9.17, 15) is 9.59 Å². The van der Waals surface area contributed by atoms with Crippen LogP contribution in [0, 0.1) is 0 Å². The van der Waals surface area contributed by atoms with E-state index in [1.54, 1.807) is 12.1 Å². The summed E-state index contributed by atoms with van der Waals surface area (Å²) in [7, 11) is 0. The molecule has 2 atom stereocenters. The number of carbonyl (C=O) groups is 2. The first-order valence-electron chi connectivity index (χ1n) is 9.45. The molecular formula is C22H26N2O3. The largest absolute Gasteiger partial charge is 0.478 e. The van der Waals surface area contributed by atoms with Crippen molar-refractivity contribution >= 4 is 17.6 Å². The fourth-order valence-corrected chi connectivity index (χ4v) is 3.88. The third-order valence-corrected chi connectivity index (χ3v) is 5.44. The van der Waals surface area contributed by atoms with Crippen LogP contribution in [0.1, 0.15) is 59.5 Å². The molecule has 5 nitrogen and oxygen atoms in total. The van der Waals surface area contributed by atoms with Gasteiger partial charge in [0.05, 0.1) is 11.5 Å². The van der Waals surface area contributed by atoms with Crippen molar-refractivity contribution in [2.75, 3.05) is 18.0 Å². The highest BCUT2D eigenvalue weighted by Crippen LogP contribution is 2.34. The van der Waals surface area contributed by atoms with Crippen molar-refractivity contribution in [3.8, 4) is 0 Å². The molecule has 0 radical (unpaired) electrons. The lowest BCUT2D eigenvalue weighted by atomic mass is 9.81. The van der Waals surface area contributed by atoms with Crippen molar-refractivity contribution in [3.05, 3.63) is 65.2 Å². The number of nitrogens with zero attached hydrogens (tertiary/aromatic N) is 1. The van der Waals surface area contributed by atoms with E-state index >= 15 is 0 Å². The Morgan fingerprint density at radius 1 is 1.00 bits per heavy atom. The lowest BCUT2D eigenvalue weighted by Gasteiger charge is -2.30. The van der Waals surface area contributed by atoms with Crippen LogP contribution in [0.5, 0.6) is 0 Å². The van der Waals surface area contributed by atoms with E-state index in [0.29, 0.717) is 0 Å². The Balaban J connectivity index is 1.87. The molecule has 142 valence electrons. The molecule has 27 heavy (non-hydrogen) atoms. The molecule has 1 aliphatic rings. The Kier molecular flexibility index (Phi) is 5.79. The SMILES string of the molecule is CC(c1cccc(N2CCCCC2)c1)[C@@H](C(N)=O)c1ccc(C(=O)O)cc1. The maximum atomic E-state index is 12.2. The van der Waals surface area contributed by atoms with Crippen molar-refractivity contribution in [1.82, 2.24) is 0 Å². The van der Waals surface area contributed by atoms with E-state index in [0.717, 1.165) is 24.2 Å². The van der Waals surface area contributed by atoms with Gasteiger partial charge in [-0.3, -0.25) is 4.79 Å². The second-order valence-electron chi connectivity index (χ2n) is 7.24. The number of amides is 1. The molecular weight excluding hydrogens is 340 g/mol. The minimum atomic E-state index is -0.987. The second kappa shape index (κ2) is 8.25. The predicted molar refractivity (Wildman–Crippen MR) is 106 cm³/mol. The predicted octanol–water partition coefficient (Wildman–Crippen LogP) is 3.75. The fourth-order valence-electron chi connectivity index (χ4n) is 3.88. The normalized spacial score (nSPS) is 16.6. The van der Waals surface area contributed by atoms with E-state index in [4.69, 9.17) is 10.8 Å². The Morgan fingerprint density at radius 3 is 2.26 bits per heavy atom. The summed E-state index contributed by atoms with van der Waals surface area (Å²) in [6.45, 7) is 4.12. The van der Waals surface area contributed by atoms with Gasteiger partial charge in [-0.05, 0) is 60.6 Å². The zero-order chi connectivity index (χ0) is 19.4. The minimum absolute atomic E-state index is 0.108. The van der Waals surface area contributed by atoms with Gasteiger partial charge in [-0.1, -0.05) is 31.2 Å². The van der Waals surface area contributed by atoms with Gasteiger partial charge in [-0.15, -0.1) is 0 Å². The van der Waals surface area contributed by atoms with Crippen LogP contribution >= 0.6 is 0 Å². The van der Waals surface area contributed by atoms with Crippen molar-refractivity contribution < 1.29 is 14.7 Å². The molecule has 0 saturated carbocycles. The summed E-state index contributed by atoms with van der Waals surface area (Å²) >= 11 is 0. The topological polar surface area (TPSA) is 83.6 Å². The molecule has 2 aromatic rings. The van der Waals surface area contributed by atoms with Gasteiger partial charge in [0.1, 0.15) is 0 Å². The Morgan fingerprint density at radius 2 is 1.67 bits per heavy atom. The molecule has 1 amide bonds. The average molecular weight is 366 g/mol. The first kappa shape index (κ1) is 19.0. The molecule has 1 heterocycles. The molecule has 0 spiro atoms. The number of carboxylic acid groups (broad SMARTS) is 1. The maximum Gasteiger partial charge on any atom is 0.335 e. The maximum absolute atomic E-state index is 12.2. The molecule has 3 rings (SSSR count). The highest BCUT2D eigenvalue weighted by Gasteiger charge is 2.27. The van der Waals surface area contributed by atoms with Gasteiger partial charge in [0.2, 0.25) is 5.91 Å². The summed E-state index contributed by atoms with van der Waals surface area (Å²) in [5.74, 6) is -2.01. The van der Waals surface area contributed by atoms with Gasteiger partial charge in [-0.25, -0.2) is 4.79 Å². The first-order valence-corrected chi connectivity index (χ1v) is 9.45. The van der Waals surface area contributed by atoms with Crippen LogP contribution in [-0.2, 0) is 4.79 Å². The van der Waals surface area contributed by atoms with Gasteiger partial charge in [-0.2, -0.15) is 0 Å². The molecule has 3 N–H and O–H groups in total. The number of aromatic carboxylic acids is 1. The highest BCUT2D eigenvalue weighted by atomic mass is 16.4. The quantitative estimate of drug-likeness (QED) is 0.815. The monoisotopic (exact) mass is 366 g/mol. The lowest BCUT2D eigenvalue weighted by molar-refractivity contribution is -0.119. The van der Waals surface area contributed by atoms with E-state index in [-0.39, 0.29) is 11.5 Å². The number of primary amides is 1. The Labute approximate surface area is 159 Å². The van der Waals surface area contributed by atoms with Crippen molar-refractivity contribution in [1.29, 1.82) is 0 Å². The fraction of sp³-hybridized carbons (Fsp3) is 0.364. The van der Waals surface area contributed by atoms with Gasteiger partial charge in [0, 0.05) is 18.8 Å². The number of hydrogen-bond acceptors (Lipinski definition) is 3. The van der Waals surface area contributed by atoms with E-state index in [2.05, 4.69) is 17.0 Å². The van der Waals surface area contributed by atoms with Crippen LogP contribution in [0.3, 0.4) is 0 Å². The zero-order valence-electron chi connectivity index (χ0n) is 15.6. The van der Waals surface area contributed by atoms with Crippen LogP contribution in [0.25, 0.3) is 0 Å². The summed E-state index contributed by atoms with van der Waals surface area (Å²) in [5.41, 5.74) is 8.90. The number of benzene rings is 2. The standard InChI is InChI=1S/C22H26N2O3/c1-15(18-6-5-7-19(14-18)24-12-3-2-4-13-24)20(21(23)25)16-8-10-17(11-9-16)22(26)27/h5-11,14-15,20H,2-4,12-13H2,1H3,(H2,23,25)(H,26,27)/t15?,20-/m1/s1. The van der Waals surface area contributed by atoms with Crippen molar-refractivity contribution in [2.45, 2.75) is 38.0 Å². The van der Waals surface area contributed by atoms with Gasteiger partial charge in [0.15, 0.2) is 0 Å². The van der Waals surface area contributed by atoms with Crippen LogP contribution in [0.4, 0.5) is 5.69 Å². The molecule has 1 aliphatic heterocycles. The molecule has 0 bridgehead atoms. The number of carboxylic acids is 1. The number of nitrogens with two attached hydrogens (primary N) is 1. The summed E-state index contributed by atoms with van der Waals surface area (Å²) in [6, 6.07) is 14.7. The molecule has 1 unspecified atom stereocenters. The van der Waals surface area contributed by atoms with Crippen LogP contribution in [0.15, 0.2) is 48.5 Å². The number of rotatable bonds is 6. The van der Waals surface area contributed by atoms with Crippen LogP contribution in [-0.4, -0.2) is 30.1 Å². The molecule has 5 heteroatoms. The highest BCUT2D eigenvalue weighted by molar-refractivity contribution is 5.88. The number of anilines is 1. The molecule has 1 saturated heterocycles. The van der Waals surface area contributed by atoms with Crippen molar-refractivity contribution in [2.24, 2.45) is 5.73 Å². The van der Waals surface area contributed by atoms with Gasteiger partial charge < -0.3 is 15.7 Å². The first-order chi connectivity index (χ1) is 13.0. The molecule has 0 aromatic heterocycles. The van der Waals surface area contributed by atoms with Crippen LogP contribution < -0.4 is 10.6 Å². The summed E-state index contributed by atoms with van der Waals surface area (Å²) in [4.78, 5) is 25.7. The molecule has 1 fully saturated rings. The summed E-state index contributed by atoms with van der Waals surface area (Å²) in [5, 5.41) is 9.07. The second-order valence-corrected chi connectivity index (χ2v) is 7.24. The lowest BCUT2D eigenvalue weighted by Crippen LogP contribution is -2.29. The van der Waals surface area contributed by atoms with Crippen LogP contribution in [0.2, 0.25) is 0 Å². The van der Waals surface area contributed by atoms with E-state index in [1.165, 1.54) is 37.1 Å². The molecule has 2 aromatic carbocycles. The smallest absolute Gasteiger partial charge is 0.335 e. The minimum Gasteiger partial charge on any atom is -0.478 e. The Bertz CT molecular complexity index is 811. The summed E-state index contributed by atoms with van der Waals surface area (Å²) < 4.78 is 0. The molecule has 0 aliphatic carbocycles. The van der Waals surface area contributed by atoms with E-state index in [1.807, 2.05) is 19.1 Å². The third-order valence-electron chi connectivity index (χ3n) is 5.44. The number of hydrogen-bond donors (Lipinski definition) is 2. The van der Waals surface area contributed by atoms with Gasteiger partial charge >= 0.3 is 5.97 Å². The average Bonchev–Trinajstić information content (AvgIpc) is 2.69. The Hall–Kier alpha value is -2.82.